The molecule has 1 aliphatic carbocycles. The average molecular weight is 210 g/mol. The molecule has 0 aromatic carbocycles. The van der Waals surface area contributed by atoms with E-state index in [1.807, 2.05) is 20.9 Å². The third kappa shape index (κ3) is 1.35. The normalized spacial score (nSPS) is 20.1. The lowest BCUT2D eigenvalue weighted by Crippen LogP contribution is -2.23. The molecule has 1 aromatic heterocycles. The smallest absolute Gasteiger partial charge is 0.215 e. The van der Waals surface area contributed by atoms with Gasteiger partial charge in [0, 0.05) is 18.0 Å². The molecule has 0 saturated heterocycles. The third-order valence-corrected chi connectivity index (χ3v) is 3.45. The molecule has 1 unspecified atom stereocenters. The fourth-order valence-electron chi connectivity index (χ4n) is 2.46. The number of hydrogen-bond donors (Lipinski definition) is 1. The van der Waals surface area contributed by atoms with Gasteiger partial charge in [0.05, 0.1) is 18.9 Å². The fraction of sp³-hybridized carbons (Fsp3) is 0.727. The van der Waals surface area contributed by atoms with Gasteiger partial charge in [0.15, 0.2) is 0 Å². The van der Waals surface area contributed by atoms with Gasteiger partial charge < -0.3 is 9.84 Å². The molecule has 1 aromatic rings. The Bertz CT molecular complexity index is 378. The molecule has 0 radical (unpaired) electrons. The van der Waals surface area contributed by atoms with Gasteiger partial charge in [-0.15, -0.1) is 0 Å². The lowest BCUT2D eigenvalue weighted by molar-refractivity contribution is 0.148. The van der Waals surface area contributed by atoms with Crippen molar-refractivity contribution in [2.24, 2.45) is 7.05 Å². The third-order valence-electron chi connectivity index (χ3n) is 3.45. The summed E-state index contributed by atoms with van der Waals surface area (Å²) in [7, 11) is 3.52. The van der Waals surface area contributed by atoms with E-state index in [-0.39, 0.29) is 11.5 Å². The van der Waals surface area contributed by atoms with Gasteiger partial charge in [-0.25, -0.2) is 4.68 Å². The summed E-state index contributed by atoms with van der Waals surface area (Å²) in [6.07, 6.45) is 1.70. The van der Waals surface area contributed by atoms with E-state index in [4.69, 9.17) is 4.74 Å². The maximum absolute atomic E-state index is 9.86. The van der Waals surface area contributed by atoms with Crippen molar-refractivity contribution in [3.8, 4) is 5.88 Å². The Kier molecular flexibility index (Phi) is 2.26. The van der Waals surface area contributed by atoms with Crippen LogP contribution < -0.4 is 4.74 Å². The van der Waals surface area contributed by atoms with E-state index in [1.54, 1.807) is 11.8 Å². The second-order valence-electron chi connectivity index (χ2n) is 4.43. The summed E-state index contributed by atoms with van der Waals surface area (Å²) in [5, 5.41) is 14.2. The van der Waals surface area contributed by atoms with Gasteiger partial charge in [-0.1, -0.05) is 0 Å². The van der Waals surface area contributed by atoms with E-state index in [1.165, 1.54) is 0 Å². The highest BCUT2D eigenvalue weighted by molar-refractivity contribution is 5.43. The largest absolute Gasteiger partial charge is 0.481 e. The molecule has 0 amide bonds. The maximum Gasteiger partial charge on any atom is 0.215 e. The quantitative estimate of drug-likeness (QED) is 0.814. The van der Waals surface area contributed by atoms with Gasteiger partial charge in [0.25, 0.3) is 0 Å². The number of aliphatic hydroxyl groups excluding tert-OH is 1. The van der Waals surface area contributed by atoms with E-state index >= 15 is 0 Å². The van der Waals surface area contributed by atoms with E-state index in [2.05, 4.69) is 5.10 Å². The van der Waals surface area contributed by atoms with Crippen molar-refractivity contribution in [3.05, 3.63) is 11.3 Å². The second kappa shape index (κ2) is 3.23. The molecule has 1 saturated carbocycles. The molecule has 84 valence electrons. The summed E-state index contributed by atoms with van der Waals surface area (Å²) in [5.41, 5.74) is 1.94. The molecule has 15 heavy (non-hydrogen) atoms. The van der Waals surface area contributed by atoms with E-state index in [0.29, 0.717) is 0 Å². The Labute approximate surface area is 89.9 Å². The highest BCUT2D eigenvalue weighted by atomic mass is 16.5. The van der Waals surface area contributed by atoms with Crippen LogP contribution >= 0.6 is 0 Å². The number of nitrogens with zero attached hydrogens (tertiary/aromatic N) is 2. The molecular formula is C11H18N2O2. The summed E-state index contributed by atoms with van der Waals surface area (Å²) in [6, 6.07) is 0. The summed E-state index contributed by atoms with van der Waals surface area (Å²) in [6.45, 7) is 3.82. The molecule has 4 nitrogen and oxygen atoms in total. The van der Waals surface area contributed by atoms with Crippen molar-refractivity contribution in [3.63, 3.8) is 0 Å². The number of aromatic nitrogens is 2. The molecule has 1 N–H and O–H groups in total. The molecule has 0 bridgehead atoms. The number of rotatable bonds is 3. The van der Waals surface area contributed by atoms with Crippen LogP contribution in [0.4, 0.5) is 0 Å². The molecular weight excluding hydrogens is 192 g/mol. The van der Waals surface area contributed by atoms with Crippen molar-refractivity contribution < 1.29 is 9.84 Å². The molecule has 2 rings (SSSR count). The first-order chi connectivity index (χ1) is 7.03. The minimum absolute atomic E-state index is 0.107. The summed E-state index contributed by atoms with van der Waals surface area (Å²) < 4.78 is 7.11. The van der Waals surface area contributed by atoms with Gasteiger partial charge >= 0.3 is 0 Å². The van der Waals surface area contributed by atoms with Crippen LogP contribution in [0.2, 0.25) is 0 Å². The zero-order valence-corrected chi connectivity index (χ0v) is 9.74. The first-order valence-electron chi connectivity index (χ1n) is 5.29. The standard InChI is InChI=1S/C11H18N2O2/c1-7-9(10(15-4)13(3)12-7)11(5-6-11)8(2)14/h8,14H,5-6H2,1-4H3. The monoisotopic (exact) mass is 210 g/mol. The summed E-state index contributed by atoms with van der Waals surface area (Å²) >= 11 is 0. The molecule has 4 heteroatoms. The molecule has 1 atom stereocenters. The Morgan fingerprint density at radius 1 is 1.53 bits per heavy atom. The predicted octanol–water partition coefficient (Wildman–Crippen LogP) is 1.15. The number of aliphatic hydroxyl groups is 1. The van der Waals surface area contributed by atoms with Crippen molar-refractivity contribution in [1.82, 2.24) is 9.78 Å². The topological polar surface area (TPSA) is 47.3 Å². The van der Waals surface area contributed by atoms with Crippen molar-refractivity contribution in [2.75, 3.05) is 7.11 Å². The van der Waals surface area contributed by atoms with Crippen LogP contribution in [0, 0.1) is 6.92 Å². The number of ether oxygens (including phenoxy) is 1. The summed E-state index contributed by atoms with van der Waals surface area (Å²) in [4.78, 5) is 0. The second-order valence-corrected chi connectivity index (χ2v) is 4.43. The van der Waals surface area contributed by atoms with Crippen molar-refractivity contribution in [2.45, 2.75) is 38.2 Å². The molecule has 1 fully saturated rings. The maximum atomic E-state index is 9.86. The van der Waals surface area contributed by atoms with Gasteiger partial charge in [0.1, 0.15) is 0 Å². The first kappa shape index (κ1) is 10.5. The van der Waals surface area contributed by atoms with Crippen molar-refractivity contribution >= 4 is 0 Å². The van der Waals surface area contributed by atoms with E-state index in [0.717, 1.165) is 30.0 Å². The van der Waals surface area contributed by atoms with Gasteiger partial charge in [0.2, 0.25) is 5.88 Å². The predicted molar refractivity (Wildman–Crippen MR) is 57.1 cm³/mol. The highest BCUT2D eigenvalue weighted by Crippen LogP contribution is 2.54. The average Bonchev–Trinajstić information content (AvgIpc) is 2.89. The molecule has 1 aliphatic rings. The SMILES string of the molecule is COc1c(C2(C(C)O)CC2)c(C)nn1C. The van der Waals surface area contributed by atoms with Gasteiger partial charge in [-0.3, -0.25) is 0 Å². The first-order valence-corrected chi connectivity index (χ1v) is 5.29. The molecule has 0 spiro atoms. The van der Waals surface area contributed by atoms with Crippen LogP contribution in [0.25, 0.3) is 0 Å². The Morgan fingerprint density at radius 2 is 2.13 bits per heavy atom. The van der Waals surface area contributed by atoms with Crippen LogP contribution in [0.3, 0.4) is 0 Å². The van der Waals surface area contributed by atoms with E-state index in [9.17, 15) is 5.11 Å². The zero-order valence-electron chi connectivity index (χ0n) is 9.74. The lowest BCUT2D eigenvalue weighted by Gasteiger charge is -2.19. The fourth-order valence-corrected chi connectivity index (χ4v) is 2.46. The number of aryl methyl sites for hydroxylation is 2. The summed E-state index contributed by atoms with van der Waals surface area (Å²) in [5.74, 6) is 0.783. The van der Waals surface area contributed by atoms with Crippen LogP contribution in [0.5, 0.6) is 5.88 Å². The van der Waals surface area contributed by atoms with E-state index < -0.39 is 0 Å². The zero-order chi connectivity index (χ0) is 11.2. The van der Waals surface area contributed by atoms with Crippen molar-refractivity contribution in [1.29, 1.82) is 0 Å². The number of hydrogen-bond acceptors (Lipinski definition) is 3. The molecule has 1 heterocycles. The number of methoxy groups -OCH3 is 1. The van der Waals surface area contributed by atoms with Crippen LogP contribution in [0.1, 0.15) is 31.0 Å². The minimum Gasteiger partial charge on any atom is -0.481 e. The Balaban J connectivity index is 2.52. The Hall–Kier alpha value is -1.03. The van der Waals surface area contributed by atoms with Crippen LogP contribution in [0.15, 0.2) is 0 Å². The minimum atomic E-state index is -0.339. The van der Waals surface area contributed by atoms with Crippen LogP contribution in [-0.4, -0.2) is 28.1 Å². The van der Waals surface area contributed by atoms with Gasteiger partial charge in [-0.05, 0) is 26.7 Å². The highest BCUT2D eigenvalue weighted by Gasteiger charge is 2.52. The Morgan fingerprint density at radius 3 is 2.53 bits per heavy atom. The lowest BCUT2D eigenvalue weighted by atomic mass is 9.91. The van der Waals surface area contributed by atoms with Gasteiger partial charge in [-0.2, -0.15) is 5.10 Å². The van der Waals surface area contributed by atoms with Crippen LogP contribution in [-0.2, 0) is 12.5 Å². The molecule has 0 aliphatic heterocycles.